The molecular weight excluding hydrogens is 292 g/mol. The average Bonchev–Trinajstić information content (AvgIpc) is 2.98. The monoisotopic (exact) mass is 306 g/mol. The topological polar surface area (TPSA) is 38.0 Å². The van der Waals surface area contributed by atoms with E-state index in [1.165, 1.54) is 0 Å². The molecule has 18 heavy (non-hydrogen) atoms. The molecule has 1 heterocycles. The van der Waals surface area contributed by atoms with Gasteiger partial charge in [-0.15, -0.1) is 0 Å². The Morgan fingerprint density at radius 1 is 1.28 bits per heavy atom. The zero-order valence-corrected chi connectivity index (χ0v) is 11.5. The van der Waals surface area contributed by atoms with Crippen LogP contribution in [0.3, 0.4) is 0 Å². The van der Waals surface area contributed by atoms with E-state index in [1.54, 1.807) is 0 Å². The van der Waals surface area contributed by atoms with Crippen LogP contribution in [0.1, 0.15) is 25.3 Å². The number of aliphatic hydroxyl groups excluding tert-OH is 1. The van der Waals surface area contributed by atoms with Gasteiger partial charge in [-0.25, -0.2) is 0 Å². The molecule has 1 aliphatic rings. The number of hydrogen-bond acceptors (Lipinski definition) is 2. The van der Waals surface area contributed by atoms with E-state index in [1.807, 2.05) is 35.3 Å². The lowest BCUT2D eigenvalue weighted by Crippen LogP contribution is -2.18. The molecular formula is C14H15BrN2O. The third-order valence-corrected chi connectivity index (χ3v) is 4.26. The van der Waals surface area contributed by atoms with Crippen molar-refractivity contribution in [3.63, 3.8) is 0 Å². The Labute approximate surface area is 115 Å². The van der Waals surface area contributed by atoms with Gasteiger partial charge in [-0.2, -0.15) is 5.10 Å². The molecule has 1 aromatic heterocycles. The summed E-state index contributed by atoms with van der Waals surface area (Å²) in [5.74, 6) is 0. The molecule has 3 nitrogen and oxygen atoms in total. The Hall–Kier alpha value is -1.13. The first-order chi connectivity index (χ1) is 8.75. The van der Waals surface area contributed by atoms with Gasteiger partial charge in [0.1, 0.15) is 0 Å². The van der Waals surface area contributed by atoms with Crippen molar-refractivity contribution >= 4 is 15.9 Å². The van der Waals surface area contributed by atoms with Crippen molar-refractivity contribution in [1.29, 1.82) is 0 Å². The first kappa shape index (κ1) is 11.9. The highest BCUT2D eigenvalue weighted by Crippen LogP contribution is 2.32. The second-order valence-electron chi connectivity index (χ2n) is 4.75. The fourth-order valence-corrected chi connectivity index (χ4v) is 3.10. The largest absolute Gasteiger partial charge is 0.391 e. The maximum atomic E-state index is 9.91. The van der Waals surface area contributed by atoms with Gasteiger partial charge in [0.2, 0.25) is 0 Å². The molecule has 94 valence electrons. The van der Waals surface area contributed by atoms with Gasteiger partial charge in [0, 0.05) is 16.2 Å². The number of hydrogen-bond donors (Lipinski definition) is 1. The van der Waals surface area contributed by atoms with Gasteiger partial charge in [0.25, 0.3) is 0 Å². The summed E-state index contributed by atoms with van der Waals surface area (Å²) in [7, 11) is 0. The van der Waals surface area contributed by atoms with Crippen molar-refractivity contribution in [2.45, 2.75) is 31.4 Å². The predicted molar refractivity (Wildman–Crippen MR) is 74.3 cm³/mol. The number of nitrogens with zero attached hydrogens (tertiary/aromatic N) is 2. The van der Waals surface area contributed by atoms with Crippen LogP contribution in [-0.4, -0.2) is 21.0 Å². The minimum Gasteiger partial charge on any atom is -0.391 e. The van der Waals surface area contributed by atoms with Crippen LogP contribution < -0.4 is 0 Å². The molecule has 0 radical (unpaired) electrons. The smallest absolute Gasteiger partial charge is 0.0778 e. The Bertz CT molecular complexity index is 552. The van der Waals surface area contributed by atoms with Crippen molar-refractivity contribution in [1.82, 2.24) is 9.78 Å². The molecule has 1 saturated carbocycles. The number of rotatable bonds is 2. The summed E-state index contributed by atoms with van der Waals surface area (Å²) in [6.45, 7) is 0. The number of benzene rings is 1. The quantitative estimate of drug-likeness (QED) is 0.923. The van der Waals surface area contributed by atoms with E-state index in [0.717, 1.165) is 34.9 Å². The Morgan fingerprint density at radius 2 is 2.11 bits per heavy atom. The van der Waals surface area contributed by atoms with Crippen molar-refractivity contribution in [2.24, 2.45) is 0 Å². The van der Waals surface area contributed by atoms with Crippen LogP contribution in [0.5, 0.6) is 0 Å². The van der Waals surface area contributed by atoms with Gasteiger partial charge in [-0.05, 0) is 30.9 Å². The molecule has 3 rings (SSSR count). The normalized spacial score (nSPS) is 23.4. The highest BCUT2D eigenvalue weighted by Gasteiger charge is 2.27. The van der Waals surface area contributed by atoms with E-state index in [0.29, 0.717) is 0 Å². The molecule has 1 N–H and O–H groups in total. The summed E-state index contributed by atoms with van der Waals surface area (Å²) in [6.07, 6.45) is 6.62. The van der Waals surface area contributed by atoms with Gasteiger partial charge in [-0.1, -0.05) is 34.1 Å². The molecule has 0 aliphatic heterocycles. The third-order valence-electron chi connectivity index (χ3n) is 3.57. The second-order valence-corrected chi connectivity index (χ2v) is 5.61. The molecule has 2 unspecified atom stereocenters. The van der Waals surface area contributed by atoms with Crippen LogP contribution in [-0.2, 0) is 0 Å². The fraction of sp³-hybridized carbons (Fsp3) is 0.357. The Balaban J connectivity index is 1.92. The molecule has 1 fully saturated rings. The van der Waals surface area contributed by atoms with Crippen molar-refractivity contribution in [3.05, 3.63) is 41.1 Å². The van der Waals surface area contributed by atoms with Gasteiger partial charge < -0.3 is 5.11 Å². The van der Waals surface area contributed by atoms with Crippen LogP contribution in [0, 0.1) is 0 Å². The van der Waals surface area contributed by atoms with Crippen molar-refractivity contribution in [2.75, 3.05) is 0 Å². The van der Waals surface area contributed by atoms with Crippen LogP contribution in [0.2, 0.25) is 0 Å². The number of aromatic nitrogens is 2. The fourth-order valence-electron chi connectivity index (χ4n) is 2.58. The zero-order valence-electron chi connectivity index (χ0n) is 9.96. The Kier molecular flexibility index (Phi) is 3.22. The zero-order chi connectivity index (χ0) is 12.5. The molecule has 1 aromatic carbocycles. The van der Waals surface area contributed by atoms with Crippen LogP contribution in [0.25, 0.3) is 11.1 Å². The minimum atomic E-state index is -0.253. The van der Waals surface area contributed by atoms with Gasteiger partial charge in [0.05, 0.1) is 18.3 Å². The number of aliphatic hydroxyl groups is 1. The van der Waals surface area contributed by atoms with E-state index in [2.05, 4.69) is 27.1 Å². The predicted octanol–water partition coefficient (Wildman–Crippen LogP) is 3.40. The first-order valence-corrected chi connectivity index (χ1v) is 7.02. The maximum Gasteiger partial charge on any atom is 0.0778 e. The molecule has 1 aliphatic carbocycles. The van der Waals surface area contributed by atoms with E-state index in [-0.39, 0.29) is 12.1 Å². The third kappa shape index (κ3) is 2.10. The molecule has 0 bridgehead atoms. The minimum absolute atomic E-state index is 0.140. The molecule has 0 saturated heterocycles. The standard InChI is InChI=1S/C14H15BrN2O/c15-12-5-2-1-4-11(12)10-8-16-17(9-10)13-6-3-7-14(13)18/h1-2,4-5,8-9,13-14,18H,3,6-7H2. The maximum absolute atomic E-state index is 9.91. The lowest BCUT2D eigenvalue weighted by molar-refractivity contribution is 0.130. The van der Waals surface area contributed by atoms with E-state index in [9.17, 15) is 5.11 Å². The van der Waals surface area contributed by atoms with E-state index in [4.69, 9.17) is 0 Å². The molecule has 4 heteroatoms. The lowest BCUT2D eigenvalue weighted by Gasteiger charge is -2.14. The second kappa shape index (κ2) is 4.86. The first-order valence-electron chi connectivity index (χ1n) is 6.23. The molecule has 0 amide bonds. The SMILES string of the molecule is OC1CCCC1n1cc(-c2ccccc2Br)cn1. The van der Waals surface area contributed by atoms with Crippen LogP contribution in [0.4, 0.5) is 0 Å². The summed E-state index contributed by atoms with van der Waals surface area (Å²) in [5, 5.41) is 14.3. The van der Waals surface area contributed by atoms with E-state index >= 15 is 0 Å². The average molecular weight is 307 g/mol. The lowest BCUT2D eigenvalue weighted by atomic mass is 10.1. The van der Waals surface area contributed by atoms with Crippen LogP contribution in [0.15, 0.2) is 41.1 Å². The summed E-state index contributed by atoms with van der Waals surface area (Å²) in [5.41, 5.74) is 2.22. The molecule has 2 aromatic rings. The molecule has 0 spiro atoms. The highest BCUT2D eigenvalue weighted by molar-refractivity contribution is 9.10. The molecule has 2 atom stereocenters. The van der Waals surface area contributed by atoms with Crippen molar-refractivity contribution in [3.8, 4) is 11.1 Å². The van der Waals surface area contributed by atoms with Crippen molar-refractivity contribution < 1.29 is 5.11 Å². The van der Waals surface area contributed by atoms with E-state index < -0.39 is 0 Å². The number of halogens is 1. The summed E-state index contributed by atoms with van der Waals surface area (Å²) < 4.78 is 2.98. The van der Waals surface area contributed by atoms with Crippen LogP contribution >= 0.6 is 15.9 Å². The van der Waals surface area contributed by atoms with Gasteiger partial charge in [-0.3, -0.25) is 4.68 Å². The summed E-state index contributed by atoms with van der Waals surface area (Å²) >= 11 is 3.55. The van der Waals surface area contributed by atoms with Gasteiger partial charge >= 0.3 is 0 Å². The Morgan fingerprint density at radius 3 is 2.83 bits per heavy atom. The summed E-state index contributed by atoms with van der Waals surface area (Å²) in [6, 6.07) is 8.25. The summed E-state index contributed by atoms with van der Waals surface area (Å²) in [4.78, 5) is 0. The van der Waals surface area contributed by atoms with Gasteiger partial charge in [0.15, 0.2) is 0 Å². The highest BCUT2D eigenvalue weighted by atomic mass is 79.9.